The van der Waals surface area contributed by atoms with Crippen molar-refractivity contribution in [1.29, 1.82) is 0 Å². The highest BCUT2D eigenvalue weighted by Gasteiger charge is 2.46. The highest BCUT2D eigenvalue weighted by Crippen LogP contribution is 2.48. The highest BCUT2D eigenvalue weighted by atomic mass is 35.5. The minimum absolute atomic E-state index is 0.0574. The molecule has 0 saturated heterocycles. The van der Waals surface area contributed by atoms with Crippen molar-refractivity contribution in [3.8, 4) is 11.4 Å². The Hall–Kier alpha value is -3.20. The average Bonchev–Trinajstić information content (AvgIpc) is 3.45. The zero-order chi connectivity index (χ0) is 25.0. The van der Waals surface area contributed by atoms with E-state index in [1.54, 1.807) is 29.7 Å². The predicted octanol–water partition coefficient (Wildman–Crippen LogP) is 5.55. The lowest BCUT2D eigenvalue weighted by Gasteiger charge is -2.49. The summed E-state index contributed by atoms with van der Waals surface area (Å²) >= 11 is 6.19. The first-order valence-corrected chi connectivity index (χ1v) is 13.1. The molecule has 36 heavy (non-hydrogen) atoms. The molecule has 2 amide bonds. The molecule has 2 N–H and O–H groups in total. The number of rotatable bonds is 5. The number of hydrogen-bond donors (Lipinski definition) is 2. The van der Waals surface area contributed by atoms with Crippen molar-refractivity contribution < 1.29 is 9.18 Å². The Morgan fingerprint density at radius 2 is 1.92 bits per heavy atom. The van der Waals surface area contributed by atoms with E-state index in [9.17, 15) is 4.79 Å². The van der Waals surface area contributed by atoms with Gasteiger partial charge in [-0.2, -0.15) is 0 Å². The molecule has 3 aliphatic rings. The molecule has 10 heteroatoms. The molecule has 4 aromatic rings. The molecule has 4 heterocycles. The third-order valence-electron chi connectivity index (χ3n) is 8.10. The minimum atomic E-state index is -0.351. The van der Waals surface area contributed by atoms with Gasteiger partial charge >= 0.3 is 6.03 Å². The van der Waals surface area contributed by atoms with Crippen LogP contribution in [0, 0.1) is 17.7 Å². The number of H-pyrrole nitrogens is 1. The fourth-order valence-electron chi connectivity index (χ4n) is 6.28. The summed E-state index contributed by atoms with van der Waals surface area (Å²) in [5.41, 5.74) is 1.98. The standard InChI is InChI=1S/C26H29ClFN7O/c1-3-34(4-2)26(36)32-21-14-5-7-15(8-6-14)22(21)35-13-20(28)19-12-31-24(33-25(19)35)18-11-30-23-17(18)9-16(27)10-29-23/h9-15,21-22H,3-8H2,1-2H3,(H,29,30)(H,32,36)/t14?,15?,21-,22-/m0/s1. The molecule has 0 aromatic carbocycles. The van der Waals surface area contributed by atoms with Crippen molar-refractivity contribution in [2.45, 2.75) is 51.6 Å². The first-order chi connectivity index (χ1) is 17.5. The number of carbonyl (C=O) groups is 1. The number of halogens is 2. The van der Waals surface area contributed by atoms with Gasteiger partial charge in [-0.05, 0) is 57.4 Å². The van der Waals surface area contributed by atoms with Gasteiger partial charge in [0, 0.05) is 48.8 Å². The van der Waals surface area contributed by atoms with Gasteiger partial charge in [-0.1, -0.05) is 11.6 Å². The topological polar surface area (TPSA) is 91.7 Å². The van der Waals surface area contributed by atoms with Crippen LogP contribution < -0.4 is 5.32 Å². The Labute approximate surface area is 213 Å². The summed E-state index contributed by atoms with van der Waals surface area (Å²) in [7, 11) is 0. The number of nitrogens with zero attached hydrogens (tertiary/aromatic N) is 5. The third-order valence-corrected chi connectivity index (χ3v) is 8.31. The van der Waals surface area contributed by atoms with Gasteiger partial charge in [-0.15, -0.1) is 0 Å². The quantitative estimate of drug-likeness (QED) is 0.369. The van der Waals surface area contributed by atoms with Crippen molar-refractivity contribution in [3.63, 3.8) is 0 Å². The number of fused-ring (bicyclic) bond motifs is 5. The minimum Gasteiger partial charge on any atom is -0.345 e. The molecule has 3 fully saturated rings. The Bertz CT molecular complexity index is 1440. The zero-order valence-electron chi connectivity index (χ0n) is 20.3. The summed E-state index contributed by atoms with van der Waals surface area (Å²) in [6, 6.07) is 1.63. The van der Waals surface area contributed by atoms with Gasteiger partial charge < -0.3 is 19.8 Å². The van der Waals surface area contributed by atoms with E-state index in [0.29, 0.717) is 52.5 Å². The van der Waals surface area contributed by atoms with Crippen LogP contribution in [0.3, 0.4) is 0 Å². The van der Waals surface area contributed by atoms with E-state index in [-0.39, 0.29) is 23.9 Å². The molecule has 0 radical (unpaired) electrons. The second kappa shape index (κ2) is 9.03. The molecule has 0 spiro atoms. The summed E-state index contributed by atoms with van der Waals surface area (Å²) in [5, 5.41) is 5.02. The van der Waals surface area contributed by atoms with Crippen molar-refractivity contribution in [2.75, 3.05) is 13.1 Å². The van der Waals surface area contributed by atoms with E-state index in [1.165, 1.54) is 0 Å². The number of carbonyl (C=O) groups excluding carboxylic acids is 1. The lowest BCUT2D eigenvalue weighted by Crippen LogP contribution is -2.56. The summed E-state index contributed by atoms with van der Waals surface area (Å²) in [6.07, 6.45) is 10.8. The SMILES string of the molecule is CCN(CC)C(=O)N[C@H]1C2CCC(CC2)[C@@H]1n1cc(F)c2cnc(-c3c[nH]c4ncc(Cl)cc34)nc21. The maximum Gasteiger partial charge on any atom is 0.317 e. The summed E-state index contributed by atoms with van der Waals surface area (Å²) in [6.45, 7) is 5.26. The van der Waals surface area contributed by atoms with E-state index >= 15 is 4.39 Å². The molecule has 3 aliphatic carbocycles. The number of hydrogen-bond acceptors (Lipinski definition) is 4. The molecule has 7 rings (SSSR count). The van der Waals surface area contributed by atoms with Crippen LogP contribution >= 0.6 is 11.6 Å². The van der Waals surface area contributed by atoms with Gasteiger partial charge in [-0.3, -0.25) is 0 Å². The van der Waals surface area contributed by atoms with Crippen LogP contribution in [0.15, 0.2) is 30.9 Å². The number of aromatic nitrogens is 5. The van der Waals surface area contributed by atoms with E-state index in [2.05, 4.69) is 20.3 Å². The van der Waals surface area contributed by atoms with Gasteiger partial charge in [-0.25, -0.2) is 24.1 Å². The van der Waals surface area contributed by atoms with Gasteiger partial charge in [0.1, 0.15) is 11.3 Å². The second-order valence-corrected chi connectivity index (χ2v) is 10.3. The Kier molecular flexibility index (Phi) is 5.82. The average molecular weight is 510 g/mol. The van der Waals surface area contributed by atoms with Gasteiger partial charge in [0.25, 0.3) is 0 Å². The molecule has 8 nitrogen and oxygen atoms in total. The molecular formula is C26H29ClFN7O. The number of nitrogens with one attached hydrogen (secondary N) is 2. The lowest BCUT2D eigenvalue weighted by atomic mass is 9.64. The van der Waals surface area contributed by atoms with Crippen LogP contribution in [0.25, 0.3) is 33.5 Å². The molecule has 188 valence electrons. The number of aromatic amines is 1. The molecule has 0 unspecified atom stereocenters. The van der Waals surface area contributed by atoms with Crippen LogP contribution in [-0.4, -0.2) is 54.6 Å². The van der Waals surface area contributed by atoms with Crippen molar-refractivity contribution in [3.05, 3.63) is 41.7 Å². The Morgan fingerprint density at radius 3 is 2.67 bits per heavy atom. The van der Waals surface area contributed by atoms with Crippen molar-refractivity contribution in [1.82, 2.24) is 34.7 Å². The molecule has 0 aliphatic heterocycles. The smallest absolute Gasteiger partial charge is 0.317 e. The molecule has 3 saturated carbocycles. The van der Waals surface area contributed by atoms with Gasteiger partial charge in [0.15, 0.2) is 11.6 Å². The summed E-state index contributed by atoms with van der Waals surface area (Å²) in [5.74, 6) is 0.835. The lowest BCUT2D eigenvalue weighted by molar-refractivity contribution is 0.0610. The van der Waals surface area contributed by atoms with Crippen LogP contribution in [0.1, 0.15) is 45.6 Å². The number of amides is 2. The van der Waals surface area contributed by atoms with E-state index < -0.39 is 0 Å². The van der Waals surface area contributed by atoms with Gasteiger partial charge in [0.2, 0.25) is 0 Å². The Morgan fingerprint density at radius 1 is 1.17 bits per heavy atom. The molecule has 2 atom stereocenters. The number of pyridine rings is 1. The van der Waals surface area contributed by atoms with Crippen molar-refractivity contribution >= 4 is 39.7 Å². The maximum atomic E-state index is 15.2. The largest absolute Gasteiger partial charge is 0.345 e. The first-order valence-electron chi connectivity index (χ1n) is 12.7. The zero-order valence-corrected chi connectivity index (χ0v) is 21.1. The van der Waals surface area contributed by atoms with Crippen LogP contribution in [0.5, 0.6) is 0 Å². The second-order valence-electron chi connectivity index (χ2n) is 9.88. The van der Waals surface area contributed by atoms with E-state index in [0.717, 1.165) is 36.6 Å². The number of urea groups is 1. The fourth-order valence-corrected chi connectivity index (χ4v) is 6.43. The normalized spacial score (nSPS) is 23.4. The predicted molar refractivity (Wildman–Crippen MR) is 137 cm³/mol. The summed E-state index contributed by atoms with van der Waals surface area (Å²) < 4.78 is 17.1. The maximum absolute atomic E-state index is 15.2. The van der Waals surface area contributed by atoms with Crippen LogP contribution in [0.2, 0.25) is 5.02 Å². The molecule has 4 aromatic heterocycles. The third kappa shape index (κ3) is 3.72. The van der Waals surface area contributed by atoms with Crippen LogP contribution in [-0.2, 0) is 0 Å². The Balaban J connectivity index is 1.44. The first kappa shape index (κ1) is 23.2. The highest BCUT2D eigenvalue weighted by molar-refractivity contribution is 6.31. The van der Waals surface area contributed by atoms with Gasteiger partial charge in [0.05, 0.1) is 22.5 Å². The van der Waals surface area contributed by atoms with E-state index in [1.807, 2.05) is 24.5 Å². The van der Waals surface area contributed by atoms with Crippen LogP contribution in [0.4, 0.5) is 9.18 Å². The summed E-state index contributed by atoms with van der Waals surface area (Å²) in [4.78, 5) is 31.6. The van der Waals surface area contributed by atoms with E-state index in [4.69, 9.17) is 16.6 Å². The molecular weight excluding hydrogens is 481 g/mol. The monoisotopic (exact) mass is 509 g/mol. The molecule has 2 bridgehead atoms. The fraction of sp³-hybridized carbons (Fsp3) is 0.462. The van der Waals surface area contributed by atoms with Crippen molar-refractivity contribution in [2.24, 2.45) is 11.8 Å².